The number of carbonyl (C=O) groups is 2. The van der Waals surface area contributed by atoms with E-state index >= 15 is 0 Å². The van der Waals surface area contributed by atoms with Crippen LogP contribution in [0, 0.1) is 0 Å². The van der Waals surface area contributed by atoms with E-state index in [4.69, 9.17) is 15.0 Å². The molecule has 0 saturated carbocycles. The van der Waals surface area contributed by atoms with Crippen molar-refractivity contribution < 1.29 is 30.4 Å². The van der Waals surface area contributed by atoms with E-state index in [1.807, 2.05) is 0 Å². The summed E-state index contributed by atoms with van der Waals surface area (Å²) < 4.78 is 0. The molecule has 27 heavy (non-hydrogen) atoms. The predicted molar refractivity (Wildman–Crippen MR) is 105 cm³/mol. The summed E-state index contributed by atoms with van der Waals surface area (Å²) in [7, 11) is 0. The number of aliphatic carboxylic acids is 1. The van der Waals surface area contributed by atoms with Crippen LogP contribution in [0.15, 0.2) is 0 Å². The van der Waals surface area contributed by atoms with E-state index in [1.165, 1.54) is 83.5 Å². The van der Waals surface area contributed by atoms with Crippen LogP contribution in [0.2, 0.25) is 0 Å². The standard InChI is InChI=1S/C18H36O2.CH2O3.2Ca.H2O/c1-2-3-4-5-6-7-8-9-10-11-12-13-14-15-16-17-18(19)20;2-1(3)4;;;/h2-17H2,1H3,(H,19,20);(H2,2,3,4);;;1H2/q;;2*+2;/p-3. The number of carboxylic acid groups (broad SMARTS) is 3. The van der Waals surface area contributed by atoms with Crippen LogP contribution in [0.3, 0.4) is 0 Å². The van der Waals surface area contributed by atoms with Crippen molar-refractivity contribution >= 4 is 87.6 Å². The summed E-state index contributed by atoms with van der Waals surface area (Å²) in [5, 5.41) is 26.9. The molecule has 0 rings (SSSR count). The number of carboxylic acids is 1. The second kappa shape index (κ2) is 34.7. The zero-order chi connectivity index (χ0) is 18.5. The van der Waals surface area contributed by atoms with Crippen LogP contribution in [-0.2, 0) is 4.79 Å². The molecule has 0 unspecified atom stereocenters. The molecule has 0 radical (unpaired) electrons. The summed E-state index contributed by atoms with van der Waals surface area (Å²) in [6.45, 7) is 2.27. The van der Waals surface area contributed by atoms with Crippen molar-refractivity contribution in [3.05, 3.63) is 0 Å². The van der Waals surface area contributed by atoms with Gasteiger partial charge in [-0.25, -0.2) is 0 Å². The van der Waals surface area contributed by atoms with E-state index in [1.54, 1.807) is 0 Å². The minimum absolute atomic E-state index is 0. The molecular weight excluding hydrogens is 404 g/mol. The second-order valence-corrected chi connectivity index (χ2v) is 6.32. The Morgan fingerprint density at radius 2 is 0.778 bits per heavy atom. The summed E-state index contributed by atoms with van der Waals surface area (Å²) >= 11 is 0. The van der Waals surface area contributed by atoms with Gasteiger partial charge in [-0.2, -0.15) is 0 Å². The van der Waals surface area contributed by atoms with Crippen LogP contribution < -0.4 is 15.3 Å². The van der Waals surface area contributed by atoms with E-state index in [9.17, 15) is 9.90 Å². The Kier molecular flexibility index (Phi) is 49.8. The fourth-order valence-corrected chi connectivity index (χ4v) is 2.64. The quantitative estimate of drug-likeness (QED) is 0.260. The van der Waals surface area contributed by atoms with Gasteiger partial charge in [0.2, 0.25) is 0 Å². The van der Waals surface area contributed by atoms with Gasteiger partial charge in [-0.3, -0.25) is 0 Å². The van der Waals surface area contributed by atoms with Gasteiger partial charge in [-0.15, -0.1) is 0 Å². The molecule has 0 aromatic carbocycles. The molecule has 0 spiro atoms. The largest absolute Gasteiger partial charge is 2.00 e. The third-order valence-electron chi connectivity index (χ3n) is 3.98. The van der Waals surface area contributed by atoms with Crippen LogP contribution in [0.4, 0.5) is 4.79 Å². The van der Waals surface area contributed by atoms with Crippen molar-refractivity contribution in [2.75, 3.05) is 0 Å². The third kappa shape index (κ3) is 52.2. The molecule has 0 aromatic heterocycles. The van der Waals surface area contributed by atoms with Crippen molar-refractivity contribution in [2.45, 2.75) is 110 Å². The Labute approximate surface area is 225 Å². The Hall–Kier alpha value is 1.22. The Morgan fingerprint density at radius 1 is 0.556 bits per heavy atom. The Balaban J connectivity index is -0.000000209. The van der Waals surface area contributed by atoms with E-state index in [0.29, 0.717) is 0 Å². The van der Waals surface area contributed by atoms with Crippen LogP contribution in [0.5, 0.6) is 0 Å². The number of carbonyl (C=O) groups excluding carboxylic acids is 2. The zero-order valence-electron chi connectivity index (χ0n) is 17.3. The summed E-state index contributed by atoms with van der Waals surface area (Å²) in [4.78, 5) is 18.6. The van der Waals surface area contributed by atoms with Gasteiger partial charge in [0.15, 0.2) is 0 Å². The fourth-order valence-electron chi connectivity index (χ4n) is 2.64. The molecule has 6 nitrogen and oxygen atoms in total. The molecule has 0 fully saturated rings. The first-order chi connectivity index (χ1) is 11.5. The Morgan fingerprint density at radius 3 is 1.00 bits per heavy atom. The zero-order valence-corrected chi connectivity index (χ0v) is 21.7. The molecular formula is C19H37Ca2O6+. The molecule has 0 atom stereocenters. The summed E-state index contributed by atoms with van der Waals surface area (Å²) in [5.74, 6) is -0.903. The SMILES string of the molecule is CCCCCCCCCCCCCCCCCC(=O)[O-].O.O=C([O-])[O-].[Ca+2].[Ca+2]. The van der Waals surface area contributed by atoms with Gasteiger partial charge in [-0.05, 0) is 19.0 Å². The molecule has 0 aromatic rings. The fraction of sp³-hybridized carbons (Fsp3) is 0.895. The van der Waals surface area contributed by atoms with Gasteiger partial charge >= 0.3 is 75.5 Å². The molecule has 0 amide bonds. The first kappa shape index (κ1) is 38.8. The van der Waals surface area contributed by atoms with E-state index in [0.717, 1.165) is 12.8 Å². The Bertz CT molecular complexity index is 287. The minimum atomic E-state index is -2.33. The molecule has 0 bridgehead atoms. The van der Waals surface area contributed by atoms with Crippen molar-refractivity contribution in [2.24, 2.45) is 0 Å². The van der Waals surface area contributed by atoms with E-state index < -0.39 is 12.1 Å². The molecule has 0 aliphatic rings. The number of rotatable bonds is 16. The van der Waals surface area contributed by atoms with Crippen LogP contribution in [-0.4, -0.2) is 93.1 Å². The van der Waals surface area contributed by atoms with Crippen molar-refractivity contribution in [1.29, 1.82) is 0 Å². The van der Waals surface area contributed by atoms with Crippen molar-refractivity contribution in [1.82, 2.24) is 0 Å². The van der Waals surface area contributed by atoms with Crippen LogP contribution >= 0.6 is 0 Å². The maximum Gasteiger partial charge on any atom is 2.00 e. The van der Waals surface area contributed by atoms with Gasteiger partial charge in [0, 0.05) is 5.97 Å². The topological polar surface area (TPSA) is 135 Å². The van der Waals surface area contributed by atoms with Gasteiger partial charge < -0.3 is 30.4 Å². The smallest absolute Gasteiger partial charge is 0.652 e. The molecule has 0 heterocycles. The maximum absolute atomic E-state index is 10.2. The van der Waals surface area contributed by atoms with Gasteiger partial charge in [-0.1, -0.05) is 96.8 Å². The van der Waals surface area contributed by atoms with Gasteiger partial charge in [0.05, 0.1) is 0 Å². The number of unbranched alkanes of at least 4 members (excludes halogenated alkanes) is 14. The van der Waals surface area contributed by atoms with Gasteiger partial charge in [0.1, 0.15) is 0 Å². The van der Waals surface area contributed by atoms with Gasteiger partial charge in [0.25, 0.3) is 0 Å². The first-order valence-corrected chi connectivity index (χ1v) is 9.58. The van der Waals surface area contributed by atoms with Crippen molar-refractivity contribution in [3.63, 3.8) is 0 Å². The molecule has 8 heteroatoms. The molecule has 0 aliphatic carbocycles. The first-order valence-electron chi connectivity index (χ1n) is 9.58. The second-order valence-electron chi connectivity index (χ2n) is 6.32. The molecule has 0 aliphatic heterocycles. The number of hydrogen-bond acceptors (Lipinski definition) is 5. The maximum atomic E-state index is 10.2. The average Bonchev–Trinajstić information content (AvgIpc) is 2.50. The molecule has 0 saturated heterocycles. The predicted octanol–water partition coefficient (Wildman–Crippen LogP) is 0.965. The third-order valence-corrected chi connectivity index (χ3v) is 3.98. The van der Waals surface area contributed by atoms with Crippen LogP contribution in [0.25, 0.3) is 0 Å². The summed E-state index contributed by atoms with van der Waals surface area (Å²) in [5.41, 5.74) is 0. The van der Waals surface area contributed by atoms with Crippen LogP contribution in [0.1, 0.15) is 110 Å². The molecule has 2 N–H and O–H groups in total. The number of hydrogen-bond donors (Lipinski definition) is 0. The van der Waals surface area contributed by atoms with E-state index in [-0.39, 0.29) is 87.4 Å². The van der Waals surface area contributed by atoms with Crippen molar-refractivity contribution in [3.8, 4) is 0 Å². The summed E-state index contributed by atoms with van der Waals surface area (Å²) in [6.07, 6.45) is 17.5. The monoisotopic (exact) mass is 441 g/mol. The van der Waals surface area contributed by atoms with E-state index in [2.05, 4.69) is 6.92 Å². The normalized spacial score (nSPS) is 8.93. The average molecular weight is 442 g/mol. The summed E-state index contributed by atoms with van der Waals surface area (Å²) in [6, 6.07) is 0. The molecule has 152 valence electrons. The minimum Gasteiger partial charge on any atom is -0.652 e.